The van der Waals surface area contributed by atoms with E-state index in [1.54, 1.807) is 48.5 Å². The van der Waals surface area contributed by atoms with E-state index in [9.17, 15) is 14.4 Å². The molecule has 2 aromatic carbocycles. The molecular formula is C21H25N3O4. The fourth-order valence-electron chi connectivity index (χ4n) is 2.34. The molecule has 0 spiro atoms. The molecule has 0 saturated carbocycles. The average molecular weight is 383 g/mol. The van der Waals surface area contributed by atoms with E-state index in [0.717, 1.165) is 12.8 Å². The zero-order chi connectivity index (χ0) is 20.4. The first-order valence-electron chi connectivity index (χ1n) is 9.16. The van der Waals surface area contributed by atoms with Gasteiger partial charge in [0.15, 0.2) is 0 Å². The summed E-state index contributed by atoms with van der Waals surface area (Å²) in [5.74, 6) is -0.137. The number of nitrogens with one attached hydrogen (secondary N) is 3. The van der Waals surface area contributed by atoms with E-state index < -0.39 is 0 Å². The molecule has 2 rings (SSSR count). The van der Waals surface area contributed by atoms with Gasteiger partial charge in [0, 0.05) is 23.9 Å². The van der Waals surface area contributed by atoms with Gasteiger partial charge in [-0.3, -0.25) is 14.4 Å². The minimum Gasteiger partial charge on any atom is -0.494 e. The summed E-state index contributed by atoms with van der Waals surface area (Å²) in [6.07, 6.45) is 2.04. The van der Waals surface area contributed by atoms with E-state index in [1.807, 2.05) is 0 Å². The fourth-order valence-corrected chi connectivity index (χ4v) is 2.34. The molecule has 28 heavy (non-hydrogen) atoms. The summed E-state index contributed by atoms with van der Waals surface area (Å²) in [7, 11) is 0. The van der Waals surface area contributed by atoms with Crippen molar-refractivity contribution in [2.45, 2.75) is 26.7 Å². The highest BCUT2D eigenvalue weighted by atomic mass is 16.5. The summed E-state index contributed by atoms with van der Waals surface area (Å²) >= 11 is 0. The molecule has 0 aliphatic carbocycles. The van der Waals surface area contributed by atoms with E-state index >= 15 is 0 Å². The largest absolute Gasteiger partial charge is 0.494 e. The Kier molecular flexibility index (Phi) is 8.02. The summed E-state index contributed by atoms with van der Waals surface area (Å²) in [6.45, 7) is 4.01. The van der Waals surface area contributed by atoms with Gasteiger partial charge < -0.3 is 20.7 Å². The van der Waals surface area contributed by atoms with Crippen LogP contribution < -0.4 is 20.7 Å². The first-order chi connectivity index (χ1) is 13.5. The molecule has 0 bridgehead atoms. The van der Waals surface area contributed by atoms with E-state index in [-0.39, 0.29) is 24.3 Å². The molecule has 148 valence electrons. The number of anilines is 2. The normalized spacial score (nSPS) is 10.1. The van der Waals surface area contributed by atoms with Gasteiger partial charge in [0.25, 0.3) is 5.91 Å². The van der Waals surface area contributed by atoms with Crippen molar-refractivity contribution in [2.24, 2.45) is 0 Å². The van der Waals surface area contributed by atoms with Gasteiger partial charge >= 0.3 is 0 Å². The molecule has 7 heteroatoms. The highest BCUT2D eigenvalue weighted by Gasteiger charge is 2.09. The minimum atomic E-state index is -0.347. The Morgan fingerprint density at radius 2 is 1.50 bits per heavy atom. The number of rotatable bonds is 9. The van der Waals surface area contributed by atoms with Crippen LogP contribution in [0, 0.1) is 0 Å². The molecule has 3 N–H and O–H groups in total. The molecule has 0 aliphatic rings. The van der Waals surface area contributed by atoms with Crippen LogP contribution in [0.5, 0.6) is 5.75 Å². The highest BCUT2D eigenvalue weighted by molar-refractivity contribution is 5.99. The number of hydrogen-bond donors (Lipinski definition) is 3. The Hall–Kier alpha value is -3.35. The van der Waals surface area contributed by atoms with Crippen LogP contribution >= 0.6 is 0 Å². The molecule has 3 amide bonds. The van der Waals surface area contributed by atoms with Crippen LogP contribution in [0.3, 0.4) is 0 Å². The Balaban J connectivity index is 1.78. The Bertz CT molecular complexity index is 801. The van der Waals surface area contributed by atoms with Crippen LogP contribution in [0.1, 0.15) is 37.0 Å². The Labute approximate surface area is 164 Å². The second-order valence-electron chi connectivity index (χ2n) is 6.22. The van der Waals surface area contributed by atoms with Crippen molar-refractivity contribution in [1.29, 1.82) is 0 Å². The molecule has 0 aromatic heterocycles. The quantitative estimate of drug-likeness (QED) is 0.580. The van der Waals surface area contributed by atoms with Crippen LogP contribution in [-0.2, 0) is 9.59 Å². The van der Waals surface area contributed by atoms with Crippen LogP contribution in [-0.4, -0.2) is 30.9 Å². The predicted molar refractivity (Wildman–Crippen MR) is 109 cm³/mol. The maximum Gasteiger partial charge on any atom is 0.251 e. The van der Waals surface area contributed by atoms with Gasteiger partial charge in [0.2, 0.25) is 11.8 Å². The summed E-state index contributed by atoms with van der Waals surface area (Å²) in [6, 6.07) is 13.5. The molecule has 0 saturated heterocycles. The highest BCUT2D eigenvalue weighted by Crippen LogP contribution is 2.14. The van der Waals surface area contributed by atoms with Crippen molar-refractivity contribution in [2.75, 3.05) is 23.8 Å². The summed E-state index contributed by atoms with van der Waals surface area (Å²) in [5.41, 5.74) is 1.66. The summed E-state index contributed by atoms with van der Waals surface area (Å²) < 4.78 is 5.56. The van der Waals surface area contributed by atoms with Crippen molar-refractivity contribution < 1.29 is 19.1 Å². The topological polar surface area (TPSA) is 96.5 Å². The maximum atomic E-state index is 12.1. The van der Waals surface area contributed by atoms with Crippen molar-refractivity contribution in [3.05, 3.63) is 54.1 Å². The van der Waals surface area contributed by atoms with Crippen LogP contribution in [0.15, 0.2) is 48.5 Å². The number of benzene rings is 2. The van der Waals surface area contributed by atoms with Crippen LogP contribution in [0.2, 0.25) is 0 Å². The van der Waals surface area contributed by atoms with E-state index in [0.29, 0.717) is 29.3 Å². The molecule has 0 atom stereocenters. The lowest BCUT2D eigenvalue weighted by Gasteiger charge is -2.09. The molecule has 0 aliphatic heterocycles. The van der Waals surface area contributed by atoms with Gasteiger partial charge in [0.05, 0.1) is 13.2 Å². The fraction of sp³-hybridized carbons (Fsp3) is 0.286. The van der Waals surface area contributed by atoms with E-state index in [4.69, 9.17) is 4.74 Å². The molecule has 0 radical (unpaired) electrons. The lowest BCUT2D eigenvalue weighted by molar-refractivity contribution is -0.115. The summed E-state index contributed by atoms with van der Waals surface area (Å²) in [4.78, 5) is 35.1. The lowest BCUT2D eigenvalue weighted by Crippen LogP contribution is -2.32. The maximum absolute atomic E-state index is 12.1. The zero-order valence-corrected chi connectivity index (χ0v) is 16.1. The Morgan fingerprint density at radius 1 is 0.893 bits per heavy atom. The van der Waals surface area contributed by atoms with Gasteiger partial charge in [-0.05, 0) is 55.0 Å². The third kappa shape index (κ3) is 7.11. The van der Waals surface area contributed by atoms with Crippen molar-refractivity contribution in [3.63, 3.8) is 0 Å². The third-order valence-corrected chi connectivity index (χ3v) is 3.78. The van der Waals surface area contributed by atoms with Crippen LogP contribution in [0.25, 0.3) is 0 Å². The molecule has 2 aromatic rings. The van der Waals surface area contributed by atoms with Gasteiger partial charge in [-0.25, -0.2) is 0 Å². The Morgan fingerprint density at radius 3 is 2.07 bits per heavy atom. The van der Waals surface area contributed by atoms with Crippen molar-refractivity contribution in [1.82, 2.24) is 5.32 Å². The number of amides is 3. The van der Waals surface area contributed by atoms with Crippen molar-refractivity contribution >= 4 is 29.1 Å². The summed E-state index contributed by atoms with van der Waals surface area (Å²) in [5, 5.41) is 7.90. The second-order valence-corrected chi connectivity index (χ2v) is 6.22. The van der Waals surface area contributed by atoms with Gasteiger partial charge in [-0.2, -0.15) is 0 Å². The standard InChI is InChI=1S/C21H25N3O4/c1-3-4-13-28-19-11-5-16(6-12-19)21(27)22-14-20(26)24-18-9-7-17(8-10-18)23-15(2)25/h5-12H,3-4,13-14H2,1-2H3,(H,22,27)(H,23,25)(H,24,26). The van der Waals surface area contributed by atoms with Gasteiger partial charge in [0.1, 0.15) is 5.75 Å². The SMILES string of the molecule is CCCCOc1ccc(C(=O)NCC(=O)Nc2ccc(NC(C)=O)cc2)cc1. The molecule has 7 nitrogen and oxygen atoms in total. The second kappa shape index (κ2) is 10.7. The zero-order valence-electron chi connectivity index (χ0n) is 16.1. The monoisotopic (exact) mass is 383 g/mol. The van der Waals surface area contributed by atoms with E-state index in [1.165, 1.54) is 6.92 Å². The number of carbonyl (C=O) groups excluding carboxylic acids is 3. The molecule has 0 heterocycles. The first-order valence-corrected chi connectivity index (χ1v) is 9.16. The minimum absolute atomic E-state index is 0.152. The lowest BCUT2D eigenvalue weighted by atomic mass is 10.2. The molecule has 0 unspecified atom stereocenters. The number of ether oxygens (including phenoxy) is 1. The van der Waals surface area contributed by atoms with Gasteiger partial charge in [-0.1, -0.05) is 13.3 Å². The van der Waals surface area contributed by atoms with E-state index in [2.05, 4.69) is 22.9 Å². The smallest absolute Gasteiger partial charge is 0.251 e. The predicted octanol–water partition coefficient (Wildman–Crippen LogP) is 3.19. The van der Waals surface area contributed by atoms with Crippen molar-refractivity contribution in [3.8, 4) is 5.75 Å². The van der Waals surface area contributed by atoms with Crippen LogP contribution in [0.4, 0.5) is 11.4 Å². The third-order valence-electron chi connectivity index (χ3n) is 3.78. The number of unbranched alkanes of at least 4 members (excludes halogenated alkanes) is 1. The molecular weight excluding hydrogens is 358 g/mol. The first kappa shape index (κ1) is 21.0. The number of carbonyl (C=O) groups is 3. The van der Waals surface area contributed by atoms with Gasteiger partial charge in [-0.15, -0.1) is 0 Å². The average Bonchev–Trinajstić information content (AvgIpc) is 2.68. The molecule has 0 fully saturated rings. The number of hydrogen-bond acceptors (Lipinski definition) is 4.